The van der Waals surface area contributed by atoms with Crippen molar-refractivity contribution in [2.75, 3.05) is 0 Å². The van der Waals surface area contributed by atoms with Crippen LogP contribution in [0.25, 0.3) is 0 Å². The molecule has 0 fully saturated rings. The highest BCUT2D eigenvalue weighted by molar-refractivity contribution is 5.79. The van der Waals surface area contributed by atoms with E-state index in [2.05, 4.69) is 10.5 Å². The summed E-state index contributed by atoms with van der Waals surface area (Å²) in [5, 5.41) is 4.08. The molecular formula is C7H12N4O. The normalized spacial score (nSPS) is 12.6. The number of aryl methyl sites for hydroxylation is 1. The smallest absolute Gasteiger partial charge is 0.258 e. The third kappa shape index (κ3) is 1.62. The Hall–Kier alpha value is -1.36. The number of carbonyl (C=O) groups is 1. The van der Waals surface area contributed by atoms with Gasteiger partial charge in [-0.25, -0.2) is 5.84 Å². The minimum absolute atomic E-state index is 0.252. The van der Waals surface area contributed by atoms with Crippen molar-refractivity contribution in [1.82, 2.24) is 15.2 Å². The average molecular weight is 168 g/mol. The number of aromatic nitrogens is 2. The van der Waals surface area contributed by atoms with Crippen LogP contribution >= 0.6 is 0 Å². The molecule has 0 aliphatic carbocycles. The quantitative estimate of drug-likeness (QED) is 0.363. The summed E-state index contributed by atoms with van der Waals surface area (Å²) in [4.78, 5) is 11.0. The summed E-state index contributed by atoms with van der Waals surface area (Å²) >= 11 is 0. The number of hydrogen-bond donors (Lipinski definition) is 2. The molecule has 1 aromatic rings. The van der Waals surface area contributed by atoms with Crippen LogP contribution in [0.4, 0.5) is 0 Å². The van der Waals surface area contributed by atoms with Gasteiger partial charge in [0.15, 0.2) is 0 Å². The van der Waals surface area contributed by atoms with Gasteiger partial charge in [0.05, 0.1) is 5.69 Å². The van der Waals surface area contributed by atoms with Crippen molar-refractivity contribution in [1.29, 1.82) is 0 Å². The van der Waals surface area contributed by atoms with Crippen LogP contribution in [0.3, 0.4) is 0 Å². The molecule has 0 aliphatic heterocycles. The Bertz CT molecular complexity index is 281. The van der Waals surface area contributed by atoms with Crippen LogP contribution in [0.15, 0.2) is 12.3 Å². The van der Waals surface area contributed by atoms with Gasteiger partial charge in [0.2, 0.25) is 0 Å². The Balaban J connectivity index is 2.77. The van der Waals surface area contributed by atoms with E-state index in [9.17, 15) is 4.79 Å². The molecule has 66 valence electrons. The van der Waals surface area contributed by atoms with Gasteiger partial charge in [-0.15, -0.1) is 0 Å². The van der Waals surface area contributed by atoms with Crippen molar-refractivity contribution >= 4 is 5.91 Å². The molecule has 1 unspecified atom stereocenters. The highest BCUT2D eigenvalue weighted by atomic mass is 16.2. The molecule has 1 atom stereocenters. The molecule has 0 aliphatic rings. The zero-order valence-corrected chi connectivity index (χ0v) is 7.11. The van der Waals surface area contributed by atoms with Gasteiger partial charge in [-0.3, -0.25) is 14.9 Å². The SMILES string of the molecule is Cc1ccn(C(C)C(=O)NN)n1. The van der Waals surface area contributed by atoms with Gasteiger partial charge in [-0.2, -0.15) is 5.10 Å². The summed E-state index contributed by atoms with van der Waals surface area (Å²) in [7, 11) is 0. The molecular weight excluding hydrogens is 156 g/mol. The van der Waals surface area contributed by atoms with E-state index >= 15 is 0 Å². The lowest BCUT2D eigenvalue weighted by Crippen LogP contribution is -2.36. The number of nitrogens with one attached hydrogen (secondary N) is 1. The molecule has 0 aromatic carbocycles. The molecule has 0 bridgehead atoms. The van der Waals surface area contributed by atoms with Crippen molar-refractivity contribution in [2.45, 2.75) is 19.9 Å². The predicted molar refractivity (Wildman–Crippen MR) is 44.0 cm³/mol. The Kier molecular flexibility index (Phi) is 2.44. The van der Waals surface area contributed by atoms with E-state index in [1.165, 1.54) is 0 Å². The zero-order chi connectivity index (χ0) is 9.14. The van der Waals surface area contributed by atoms with E-state index in [1.807, 2.05) is 13.0 Å². The molecule has 5 nitrogen and oxygen atoms in total. The third-order valence-corrected chi connectivity index (χ3v) is 1.66. The predicted octanol–water partition coefficient (Wildman–Crippen LogP) is -0.258. The maximum atomic E-state index is 11.0. The molecule has 12 heavy (non-hydrogen) atoms. The fraction of sp³-hybridized carbons (Fsp3) is 0.429. The standard InChI is InChI=1S/C7H12N4O/c1-5-3-4-11(10-5)6(2)7(12)9-8/h3-4,6H,8H2,1-2H3,(H,9,12). The van der Waals surface area contributed by atoms with Crippen molar-refractivity contribution in [2.24, 2.45) is 5.84 Å². The Morgan fingerprint density at radius 1 is 1.83 bits per heavy atom. The summed E-state index contributed by atoms with van der Waals surface area (Å²) in [6, 6.07) is 1.48. The highest BCUT2D eigenvalue weighted by Crippen LogP contribution is 2.04. The summed E-state index contributed by atoms with van der Waals surface area (Å²) in [5.41, 5.74) is 2.95. The largest absolute Gasteiger partial charge is 0.292 e. The molecule has 0 spiro atoms. The van der Waals surface area contributed by atoms with E-state index in [-0.39, 0.29) is 11.9 Å². The van der Waals surface area contributed by atoms with Gasteiger partial charge in [-0.05, 0) is 19.9 Å². The molecule has 0 radical (unpaired) electrons. The minimum atomic E-state index is -0.358. The molecule has 5 heteroatoms. The molecule has 0 saturated heterocycles. The average Bonchev–Trinajstić information content (AvgIpc) is 2.49. The molecule has 0 saturated carbocycles. The number of carbonyl (C=O) groups excluding carboxylic acids is 1. The van der Waals surface area contributed by atoms with Gasteiger partial charge < -0.3 is 0 Å². The first-order valence-electron chi connectivity index (χ1n) is 3.67. The fourth-order valence-electron chi connectivity index (χ4n) is 0.889. The number of rotatable bonds is 2. The number of nitrogens with two attached hydrogens (primary N) is 1. The molecule has 1 amide bonds. The number of hydrazine groups is 1. The van der Waals surface area contributed by atoms with Gasteiger partial charge >= 0.3 is 0 Å². The number of nitrogens with zero attached hydrogens (tertiary/aromatic N) is 2. The third-order valence-electron chi connectivity index (χ3n) is 1.66. The summed E-state index contributed by atoms with van der Waals surface area (Å²) in [5.74, 6) is 4.72. The van der Waals surface area contributed by atoms with E-state index < -0.39 is 0 Å². The van der Waals surface area contributed by atoms with Crippen LogP contribution < -0.4 is 11.3 Å². The molecule has 1 aromatic heterocycles. The monoisotopic (exact) mass is 168 g/mol. The zero-order valence-electron chi connectivity index (χ0n) is 7.11. The van der Waals surface area contributed by atoms with Crippen molar-refractivity contribution in [3.8, 4) is 0 Å². The van der Waals surface area contributed by atoms with Gasteiger partial charge in [-0.1, -0.05) is 0 Å². The Labute approximate surface area is 70.5 Å². The van der Waals surface area contributed by atoms with E-state index in [1.54, 1.807) is 17.8 Å². The topological polar surface area (TPSA) is 72.9 Å². The van der Waals surface area contributed by atoms with Crippen LogP contribution in [0.5, 0.6) is 0 Å². The lowest BCUT2D eigenvalue weighted by atomic mass is 10.3. The Morgan fingerprint density at radius 2 is 2.50 bits per heavy atom. The number of hydrogen-bond acceptors (Lipinski definition) is 3. The number of amides is 1. The molecule has 3 N–H and O–H groups in total. The second-order valence-corrected chi connectivity index (χ2v) is 2.62. The minimum Gasteiger partial charge on any atom is -0.292 e. The first-order chi connectivity index (χ1) is 5.65. The summed E-state index contributed by atoms with van der Waals surface area (Å²) < 4.78 is 1.57. The fourth-order valence-corrected chi connectivity index (χ4v) is 0.889. The second-order valence-electron chi connectivity index (χ2n) is 2.62. The summed E-state index contributed by atoms with van der Waals surface area (Å²) in [6.45, 7) is 3.60. The van der Waals surface area contributed by atoms with Gasteiger partial charge in [0.25, 0.3) is 5.91 Å². The molecule has 1 rings (SSSR count). The van der Waals surface area contributed by atoms with Crippen LogP contribution in [-0.4, -0.2) is 15.7 Å². The summed E-state index contributed by atoms with van der Waals surface area (Å²) in [6.07, 6.45) is 1.75. The second kappa shape index (κ2) is 3.36. The first kappa shape index (κ1) is 8.73. The van der Waals surface area contributed by atoms with E-state index in [0.29, 0.717) is 0 Å². The van der Waals surface area contributed by atoms with Gasteiger partial charge in [0, 0.05) is 6.20 Å². The van der Waals surface area contributed by atoms with Crippen LogP contribution in [0, 0.1) is 6.92 Å². The Morgan fingerprint density at radius 3 is 2.92 bits per heavy atom. The maximum absolute atomic E-state index is 11.0. The van der Waals surface area contributed by atoms with Crippen LogP contribution in [0.1, 0.15) is 18.7 Å². The van der Waals surface area contributed by atoms with E-state index in [4.69, 9.17) is 5.84 Å². The van der Waals surface area contributed by atoms with Gasteiger partial charge in [0.1, 0.15) is 6.04 Å². The maximum Gasteiger partial charge on any atom is 0.258 e. The van der Waals surface area contributed by atoms with Crippen LogP contribution in [0.2, 0.25) is 0 Å². The van der Waals surface area contributed by atoms with Crippen molar-refractivity contribution < 1.29 is 4.79 Å². The van der Waals surface area contributed by atoms with Crippen molar-refractivity contribution in [3.05, 3.63) is 18.0 Å². The van der Waals surface area contributed by atoms with E-state index in [0.717, 1.165) is 5.69 Å². The van der Waals surface area contributed by atoms with Crippen LogP contribution in [-0.2, 0) is 4.79 Å². The molecule has 1 heterocycles. The highest BCUT2D eigenvalue weighted by Gasteiger charge is 2.13. The lowest BCUT2D eigenvalue weighted by Gasteiger charge is -2.09. The lowest BCUT2D eigenvalue weighted by molar-refractivity contribution is -0.124. The first-order valence-corrected chi connectivity index (χ1v) is 3.67. The van der Waals surface area contributed by atoms with Crippen molar-refractivity contribution in [3.63, 3.8) is 0 Å².